The van der Waals surface area contributed by atoms with Crippen molar-refractivity contribution in [2.45, 2.75) is 25.7 Å². The maximum atomic E-state index is 11.4. The average molecular weight is 268 g/mol. The molecule has 19 heavy (non-hydrogen) atoms. The predicted molar refractivity (Wildman–Crippen MR) is 64.9 cm³/mol. The van der Waals surface area contributed by atoms with Crippen LogP contribution >= 0.6 is 0 Å². The van der Waals surface area contributed by atoms with Crippen molar-refractivity contribution in [3.63, 3.8) is 0 Å². The molecule has 6 nitrogen and oxygen atoms in total. The molecule has 2 N–H and O–H groups in total. The van der Waals surface area contributed by atoms with Crippen LogP contribution in [0.25, 0.3) is 0 Å². The Morgan fingerprint density at radius 3 is 2.11 bits per heavy atom. The van der Waals surface area contributed by atoms with Crippen molar-refractivity contribution in [3.05, 3.63) is 35.9 Å². The molecular formula is C13H16O6. The summed E-state index contributed by atoms with van der Waals surface area (Å²) in [4.78, 5) is 22.5. The first kappa shape index (κ1) is 15.1. The summed E-state index contributed by atoms with van der Waals surface area (Å²) in [5.41, 5.74) is 0.730. The molecule has 2 atom stereocenters. The monoisotopic (exact) mass is 268 g/mol. The Morgan fingerprint density at radius 2 is 1.58 bits per heavy atom. The second-order valence-corrected chi connectivity index (χ2v) is 3.74. The quantitative estimate of drug-likeness (QED) is 0.706. The number of aliphatic hydroxyl groups is 2. The van der Waals surface area contributed by atoms with Crippen LogP contribution < -0.4 is 0 Å². The standard InChI is InChI=1S/C13H16O6/c1-2-18-12(16)10(14)11(15)13(17)19-8-9-6-4-3-5-7-9/h3-7,10-11,14-15H,2,8H2,1H3. The molecule has 0 heterocycles. The molecule has 6 heteroatoms. The van der Waals surface area contributed by atoms with Gasteiger partial charge in [-0.1, -0.05) is 30.3 Å². The summed E-state index contributed by atoms with van der Waals surface area (Å²) in [6.07, 6.45) is -3.90. The van der Waals surface area contributed by atoms with Crippen LogP contribution in [0.15, 0.2) is 30.3 Å². The molecule has 1 aromatic carbocycles. The van der Waals surface area contributed by atoms with E-state index >= 15 is 0 Å². The molecule has 0 fully saturated rings. The van der Waals surface area contributed by atoms with Crippen molar-refractivity contribution < 1.29 is 29.3 Å². The Hall–Kier alpha value is -1.92. The zero-order valence-corrected chi connectivity index (χ0v) is 10.5. The van der Waals surface area contributed by atoms with Gasteiger partial charge in [0.15, 0.2) is 12.2 Å². The van der Waals surface area contributed by atoms with Crippen LogP contribution in [-0.2, 0) is 25.7 Å². The van der Waals surface area contributed by atoms with E-state index in [2.05, 4.69) is 4.74 Å². The number of rotatable bonds is 6. The van der Waals surface area contributed by atoms with E-state index in [4.69, 9.17) is 4.74 Å². The highest BCUT2D eigenvalue weighted by atomic mass is 16.6. The van der Waals surface area contributed by atoms with Crippen molar-refractivity contribution in [1.29, 1.82) is 0 Å². The highest BCUT2D eigenvalue weighted by molar-refractivity contribution is 5.85. The molecular weight excluding hydrogens is 252 g/mol. The molecule has 0 radical (unpaired) electrons. The molecule has 1 aromatic rings. The Labute approximate surface area is 110 Å². The molecule has 0 bridgehead atoms. The van der Waals surface area contributed by atoms with Gasteiger partial charge in [0.1, 0.15) is 6.61 Å². The highest BCUT2D eigenvalue weighted by Gasteiger charge is 2.32. The van der Waals surface area contributed by atoms with Gasteiger partial charge in [0.05, 0.1) is 6.61 Å². The van der Waals surface area contributed by atoms with E-state index in [0.717, 1.165) is 5.56 Å². The molecule has 0 spiro atoms. The number of ether oxygens (including phenoxy) is 2. The van der Waals surface area contributed by atoms with Gasteiger partial charge >= 0.3 is 11.9 Å². The van der Waals surface area contributed by atoms with Crippen molar-refractivity contribution in [2.24, 2.45) is 0 Å². The smallest absolute Gasteiger partial charge is 0.338 e. The molecule has 0 aliphatic carbocycles. The zero-order chi connectivity index (χ0) is 14.3. The van der Waals surface area contributed by atoms with Crippen LogP contribution in [0.4, 0.5) is 0 Å². The lowest BCUT2D eigenvalue weighted by Crippen LogP contribution is -2.41. The van der Waals surface area contributed by atoms with Gasteiger partial charge in [0.25, 0.3) is 0 Å². The van der Waals surface area contributed by atoms with Gasteiger partial charge < -0.3 is 19.7 Å². The molecule has 2 unspecified atom stereocenters. The first-order chi connectivity index (χ1) is 9.06. The molecule has 0 aliphatic rings. The summed E-state index contributed by atoms with van der Waals surface area (Å²) in [6, 6.07) is 8.83. The van der Waals surface area contributed by atoms with E-state index in [-0.39, 0.29) is 13.2 Å². The Balaban J connectivity index is 2.46. The van der Waals surface area contributed by atoms with Crippen molar-refractivity contribution in [1.82, 2.24) is 0 Å². The van der Waals surface area contributed by atoms with E-state index in [1.54, 1.807) is 31.2 Å². The van der Waals surface area contributed by atoms with Crippen LogP contribution in [0.3, 0.4) is 0 Å². The van der Waals surface area contributed by atoms with E-state index in [1.165, 1.54) is 0 Å². The fourth-order valence-corrected chi connectivity index (χ4v) is 1.30. The van der Waals surface area contributed by atoms with Gasteiger partial charge in [-0.25, -0.2) is 9.59 Å². The summed E-state index contributed by atoms with van der Waals surface area (Å²) in [7, 11) is 0. The van der Waals surface area contributed by atoms with E-state index in [1.807, 2.05) is 6.07 Å². The fourth-order valence-electron chi connectivity index (χ4n) is 1.30. The van der Waals surface area contributed by atoms with Crippen LogP contribution in [0.2, 0.25) is 0 Å². The number of esters is 2. The van der Waals surface area contributed by atoms with Crippen LogP contribution in [0.5, 0.6) is 0 Å². The Morgan fingerprint density at radius 1 is 1.05 bits per heavy atom. The number of benzene rings is 1. The maximum Gasteiger partial charge on any atom is 0.338 e. The lowest BCUT2D eigenvalue weighted by molar-refractivity contribution is -0.173. The molecule has 1 rings (SSSR count). The van der Waals surface area contributed by atoms with Crippen LogP contribution in [-0.4, -0.2) is 41.0 Å². The summed E-state index contributed by atoms with van der Waals surface area (Å²) in [5, 5.41) is 18.8. The molecule has 0 amide bonds. The summed E-state index contributed by atoms with van der Waals surface area (Å²) < 4.78 is 9.26. The Kier molecular flexibility index (Phi) is 5.98. The summed E-state index contributed by atoms with van der Waals surface area (Å²) >= 11 is 0. The number of carbonyl (C=O) groups is 2. The minimum absolute atomic E-state index is 0.0433. The molecule has 0 aliphatic heterocycles. The first-order valence-corrected chi connectivity index (χ1v) is 5.79. The minimum atomic E-state index is -1.96. The first-order valence-electron chi connectivity index (χ1n) is 5.79. The zero-order valence-electron chi connectivity index (χ0n) is 10.5. The van der Waals surface area contributed by atoms with Gasteiger partial charge in [-0.05, 0) is 12.5 Å². The fraction of sp³-hybridized carbons (Fsp3) is 0.385. The van der Waals surface area contributed by atoms with Crippen molar-refractivity contribution >= 4 is 11.9 Å². The predicted octanol–water partition coefficient (Wildman–Crippen LogP) is 0.0147. The number of aliphatic hydroxyl groups excluding tert-OH is 2. The summed E-state index contributed by atoms with van der Waals surface area (Å²) in [6.45, 7) is 1.54. The molecule has 104 valence electrons. The van der Waals surface area contributed by atoms with Crippen LogP contribution in [0.1, 0.15) is 12.5 Å². The SMILES string of the molecule is CCOC(=O)C(O)C(O)C(=O)OCc1ccccc1. The maximum absolute atomic E-state index is 11.4. The average Bonchev–Trinajstić information content (AvgIpc) is 2.44. The Bertz CT molecular complexity index is 416. The molecule has 0 saturated carbocycles. The van der Waals surface area contributed by atoms with Gasteiger partial charge in [-0.15, -0.1) is 0 Å². The van der Waals surface area contributed by atoms with Crippen LogP contribution in [0, 0.1) is 0 Å². The van der Waals surface area contributed by atoms with Gasteiger partial charge in [0.2, 0.25) is 0 Å². The third-order valence-electron chi connectivity index (χ3n) is 2.29. The normalized spacial score (nSPS) is 13.4. The second-order valence-electron chi connectivity index (χ2n) is 3.74. The molecule has 0 aromatic heterocycles. The second kappa shape index (κ2) is 7.50. The number of hydrogen-bond acceptors (Lipinski definition) is 6. The van der Waals surface area contributed by atoms with Crippen molar-refractivity contribution in [2.75, 3.05) is 6.61 Å². The largest absolute Gasteiger partial charge is 0.464 e. The third kappa shape index (κ3) is 4.69. The van der Waals surface area contributed by atoms with E-state index < -0.39 is 24.1 Å². The highest BCUT2D eigenvalue weighted by Crippen LogP contribution is 2.04. The van der Waals surface area contributed by atoms with Gasteiger partial charge in [0, 0.05) is 0 Å². The minimum Gasteiger partial charge on any atom is -0.464 e. The lowest BCUT2D eigenvalue weighted by Gasteiger charge is -2.15. The van der Waals surface area contributed by atoms with E-state index in [9.17, 15) is 19.8 Å². The van der Waals surface area contributed by atoms with Crippen molar-refractivity contribution in [3.8, 4) is 0 Å². The van der Waals surface area contributed by atoms with E-state index in [0.29, 0.717) is 0 Å². The third-order valence-corrected chi connectivity index (χ3v) is 2.29. The molecule has 0 saturated heterocycles. The topological polar surface area (TPSA) is 93.1 Å². The summed E-state index contributed by atoms with van der Waals surface area (Å²) in [5.74, 6) is -2.14. The van der Waals surface area contributed by atoms with Gasteiger partial charge in [-0.2, -0.15) is 0 Å². The lowest BCUT2D eigenvalue weighted by atomic mass is 10.2. The van der Waals surface area contributed by atoms with Gasteiger partial charge in [-0.3, -0.25) is 0 Å². The number of carbonyl (C=O) groups excluding carboxylic acids is 2. The number of hydrogen-bond donors (Lipinski definition) is 2.